The highest BCUT2D eigenvalue weighted by Crippen LogP contribution is 2.26. The largest absolute Gasteiger partial charge is 0.420 e. The molecule has 0 bridgehead atoms. The molecule has 2 nitrogen and oxygen atoms in total. The summed E-state index contributed by atoms with van der Waals surface area (Å²) in [6.45, 7) is 5.79. The molecule has 0 aliphatic rings. The number of alkyl halides is 3. The molecule has 2 aromatic carbocycles. The SMILES string of the molecule is CO[Si](C)(C)CCC(F)(F)F.CO[Si](C)(c1ccccc1)c1ccccc1. The van der Waals surface area contributed by atoms with Gasteiger partial charge in [0.15, 0.2) is 8.32 Å². The van der Waals surface area contributed by atoms with Gasteiger partial charge in [-0.3, -0.25) is 0 Å². The van der Waals surface area contributed by atoms with Crippen molar-refractivity contribution in [3.63, 3.8) is 0 Å². The molecule has 7 heteroatoms. The minimum absolute atomic E-state index is 0.146. The second-order valence-electron chi connectivity index (χ2n) is 7.05. The topological polar surface area (TPSA) is 18.5 Å². The normalized spacial score (nSPS) is 12.3. The van der Waals surface area contributed by atoms with E-state index in [1.54, 1.807) is 13.1 Å². The molecule has 2 rings (SSSR count). The summed E-state index contributed by atoms with van der Waals surface area (Å²) in [6.07, 6.45) is -4.76. The van der Waals surface area contributed by atoms with E-state index in [9.17, 15) is 13.2 Å². The fourth-order valence-electron chi connectivity index (χ4n) is 2.46. The molecule has 150 valence electrons. The smallest absolute Gasteiger partial charge is 0.388 e. The van der Waals surface area contributed by atoms with E-state index in [2.05, 4.69) is 55.1 Å². The summed E-state index contributed by atoms with van der Waals surface area (Å²) < 4.78 is 45.9. The van der Waals surface area contributed by atoms with E-state index in [-0.39, 0.29) is 6.04 Å². The van der Waals surface area contributed by atoms with Crippen molar-refractivity contribution in [3.8, 4) is 0 Å². The fraction of sp³-hybridized carbons (Fsp3) is 0.400. The molecule has 0 N–H and O–H groups in total. The molecular weight excluding hydrogens is 385 g/mol. The van der Waals surface area contributed by atoms with Gasteiger partial charge in [-0.05, 0) is 36.1 Å². The van der Waals surface area contributed by atoms with Crippen LogP contribution in [0.3, 0.4) is 0 Å². The maximum absolute atomic E-state index is 11.7. The first-order valence-corrected chi connectivity index (χ1v) is 14.3. The Morgan fingerprint density at radius 2 is 1.15 bits per heavy atom. The van der Waals surface area contributed by atoms with Crippen molar-refractivity contribution in [2.45, 2.75) is 38.3 Å². The second kappa shape index (κ2) is 10.2. The molecule has 0 aliphatic carbocycles. The Morgan fingerprint density at radius 1 is 0.741 bits per heavy atom. The lowest BCUT2D eigenvalue weighted by Gasteiger charge is -2.26. The van der Waals surface area contributed by atoms with Crippen LogP contribution in [0.5, 0.6) is 0 Å². The van der Waals surface area contributed by atoms with E-state index >= 15 is 0 Å². The van der Waals surface area contributed by atoms with Crippen molar-refractivity contribution in [2.75, 3.05) is 14.2 Å². The maximum atomic E-state index is 11.7. The summed E-state index contributed by atoms with van der Waals surface area (Å²) in [5.41, 5.74) is 0. The van der Waals surface area contributed by atoms with E-state index in [4.69, 9.17) is 8.85 Å². The molecule has 0 radical (unpaired) electrons. The van der Waals surface area contributed by atoms with Gasteiger partial charge in [-0.2, -0.15) is 13.2 Å². The van der Waals surface area contributed by atoms with Crippen molar-refractivity contribution in [3.05, 3.63) is 60.7 Å². The van der Waals surface area contributed by atoms with Crippen LogP contribution in [0.4, 0.5) is 13.2 Å². The van der Waals surface area contributed by atoms with Crippen LogP contribution in [0.15, 0.2) is 60.7 Å². The molecular formula is C20H29F3O2Si2. The number of rotatable bonds is 6. The van der Waals surface area contributed by atoms with Gasteiger partial charge in [-0.1, -0.05) is 60.7 Å². The molecule has 0 amide bonds. The zero-order valence-corrected chi connectivity index (χ0v) is 18.6. The molecule has 27 heavy (non-hydrogen) atoms. The second-order valence-corrected chi connectivity index (χ2v) is 15.1. The molecule has 0 saturated heterocycles. The van der Waals surface area contributed by atoms with Gasteiger partial charge in [0.1, 0.15) is 0 Å². The molecule has 0 atom stereocenters. The molecule has 0 aromatic heterocycles. The summed E-state index contributed by atoms with van der Waals surface area (Å²) >= 11 is 0. The number of hydrogen-bond acceptors (Lipinski definition) is 2. The minimum Gasteiger partial charge on any atom is -0.420 e. The van der Waals surface area contributed by atoms with Crippen LogP contribution in [0, 0.1) is 0 Å². The first-order chi connectivity index (χ1) is 12.5. The standard InChI is InChI=1S/C14H16OSi.C6H13F3OSi/c1-15-16(2,13-9-5-3-6-10-13)14-11-7-4-8-12-14;1-10-11(2,3)5-4-6(7,8)9/h3-12H,1-2H3;4-5H2,1-3H3. The monoisotopic (exact) mass is 414 g/mol. The van der Waals surface area contributed by atoms with Crippen molar-refractivity contribution in [1.29, 1.82) is 0 Å². The van der Waals surface area contributed by atoms with Crippen molar-refractivity contribution < 1.29 is 22.0 Å². The van der Waals surface area contributed by atoms with Gasteiger partial charge < -0.3 is 8.85 Å². The van der Waals surface area contributed by atoms with E-state index in [0.29, 0.717) is 0 Å². The van der Waals surface area contributed by atoms with E-state index in [1.807, 2.05) is 19.2 Å². The van der Waals surface area contributed by atoms with Crippen LogP contribution in [0.1, 0.15) is 6.42 Å². The van der Waals surface area contributed by atoms with E-state index in [1.165, 1.54) is 17.5 Å². The Morgan fingerprint density at radius 3 is 1.44 bits per heavy atom. The van der Waals surface area contributed by atoms with Crippen LogP contribution in [0.25, 0.3) is 0 Å². The highest BCUT2D eigenvalue weighted by molar-refractivity contribution is 6.96. The van der Waals surface area contributed by atoms with Crippen LogP contribution >= 0.6 is 0 Å². The zero-order chi connectivity index (χ0) is 20.6. The van der Waals surface area contributed by atoms with Gasteiger partial charge >= 0.3 is 6.18 Å². The summed E-state index contributed by atoms with van der Waals surface area (Å²) in [6, 6.07) is 21.1. The van der Waals surface area contributed by atoms with Gasteiger partial charge in [0.25, 0.3) is 8.32 Å². The Hall–Kier alpha value is -1.42. The van der Waals surface area contributed by atoms with E-state index < -0.39 is 29.2 Å². The van der Waals surface area contributed by atoms with Crippen LogP contribution in [-0.4, -0.2) is 37.0 Å². The van der Waals surface area contributed by atoms with Gasteiger partial charge in [-0.25, -0.2) is 0 Å². The molecule has 0 fully saturated rings. The molecule has 2 aromatic rings. The van der Waals surface area contributed by atoms with Gasteiger partial charge in [0.05, 0.1) is 0 Å². The van der Waals surface area contributed by atoms with Gasteiger partial charge in [-0.15, -0.1) is 0 Å². The summed E-state index contributed by atoms with van der Waals surface area (Å²) in [5, 5.41) is 2.62. The lowest BCUT2D eigenvalue weighted by Crippen LogP contribution is -2.57. The molecule has 0 unspecified atom stereocenters. The Labute approximate surface area is 162 Å². The summed E-state index contributed by atoms with van der Waals surface area (Å²) in [4.78, 5) is 0. The predicted octanol–water partition coefficient (Wildman–Crippen LogP) is 4.81. The van der Waals surface area contributed by atoms with Crippen LogP contribution in [0.2, 0.25) is 25.7 Å². The Bertz CT molecular complexity index is 622. The zero-order valence-electron chi connectivity index (χ0n) is 16.6. The highest BCUT2D eigenvalue weighted by atomic mass is 28.4. The third-order valence-corrected chi connectivity index (χ3v) is 10.9. The van der Waals surface area contributed by atoms with Gasteiger partial charge in [0, 0.05) is 20.6 Å². The lowest BCUT2D eigenvalue weighted by molar-refractivity contribution is -0.131. The van der Waals surface area contributed by atoms with E-state index in [0.717, 1.165) is 0 Å². The first-order valence-electron chi connectivity index (χ1n) is 8.82. The third-order valence-electron chi connectivity index (χ3n) is 4.62. The summed E-state index contributed by atoms with van der Waals surface area (Å²) in [5.74, 6) is 0. The quantitative estimate of drug-likeness (QED) is 0.632. The molecule has 0 heterocycles. The number of halogens is 3. The Kier molecular flexibility index (Phi) is 8.94. The summed E-state index contributed by atoms with van der Waals surface area (Å²) in [7, 11) is -0.696. The molecule has 0 aliphatic heterocycles. The van der Waals surface area contributed by atoms with Crippen molar-refractivity contribution >= 4 is 27.0 Å². The maximum Gasteiger partial charge on any atom is 0.388 e. The molecule has 0 spiro atoms. The number of benzene rings is 2. The van der Waals surface area contributed by atoms with Crippen LogP contribution < -0.4 is 10.4 Å². The van der Waals surface area contributed by atoms with Crippen LogP contribution in [-0.2, 0) is 8.85 Å². The van der Waals surface area contributed by atoms with Crippen molar-refractivity contribution in [2.24, 2.45) is 0 Å². The Balaban J connectivity index is 0.000000293. The average Bonchev–Trinajstić information content (AvgIpc) is 2.67. The third kappa shape index (κ3) is 8.00. The predicted molar refractivity (Wildman–Crippen MR) is 111 cm³/mol. The molecule has 0 saturated carbocycles. The minimum atomic E-state index is -4.04. The lowest BCUT2D eigenvalue weighted by atomic mass is 10.4. The van der Waals surface area contributed by atoms with Crippen molar-refractivity contribution in [1.82, 2.24) is 0 Å². The first kappa shape index (κ1) is 23.6. The number of hydrogen-bond donors (Lipinski definition) is 0. The van der Waals surface area contributed by atoms with Gasteiger partial charge in [0.2, 0.25) is 0 Å². The average molecular weight is 415 g/mol. The highest BCUT2D eigenvalue weighted by Gasteiger charge is 2.33. The fourth-order valence-corrected chi connectivity index (χ4v) is 6.01.